The van der Waals surface area contributed by atoms with Crippen LogP contribution in [0.25, 0.3) is 0 Å². The highest BCUT2D eigenvalue weighted by atomic mass is 15.3. The van der Waals surface area contributed by atoms with Crippen LogP contribution in [0.1, 0.15) is 11.3 Å². The van der Waals surface area contributed by atoms with Crippen LogP contribution in [0.4, 0.5) is 5.69 Å². The molecule has 0 saturated heterocycles. The topological polar surface area (TPSA) is 29.9 Å². The highest BCUT2D eigenvalue weighted by Gasteiger charge is 1.98. The third kappa shape index (κ3) is 2.63. The zero-order valence-electron chi connectivity index (χ0n) is 9.77. The van der Waals surface area contributed by atoms with Crippen molar-refractivity contribution in [2.45, 2.75) is 13.3 Å². The number of hydrogen-bond donors (Lipinski definition) is 1. The summed E-state index contributed by atoms with van der Waals surface area (Å²) in [5.74, 6) is 0. The lowest BCUT2D eigenvalue weighted by Crippen LogP contribution is -2.08. The molecule has 0 saturated carbocycles. The van der Waals surface area contributed by atoms with E-state index >= 15 is 0 Å². The lowest BCUT2D eigenvalue weighted by molar-refractivity contribution is 0.711. The second kappa shape index (κ2) is 4.84. The van der Waals surface area contributed by atoms with Crippen LogP contribution in [-0.4, -0.2) is 16.3 Å². The fourth-order valence-corrected chi connectivity index (χ4v) is 1.74. The van der Waals surface area contributed by atoms with E-state index in [0.717, 1.165) is 13.0 Å². The number of aromatic nitrogens is 2. The Morgan fingerprint density at radius 3 is 2.88 bits per heavy atom. The van der Waals surface area contributed by atoms with Crippen molar-refractivity contribution in [2.75, 3.05) is 11.9 Å². The molecule has 1 N–H and O–H groups in total. The molecule has 1 heterocycles. The standard InChI is InChI=1S/C13H17N3/c1-11-4-3-5-12(10-11)14-8-6-13-7-9-15-16(13)2/h3-5,7,9-10,14H,6,8H2,1-2H3. The molecule has 1 aromatic heterocycles. The summed E-state index contributed by atoms with van der Waals surface area (Å²) in [5, 5.41) is 7.56. The van der Waals surface area contributed by atoms with Crippen molar-refractivity contribution in [3.63, 3.8) is 0 Å². The van der Waals surface area contributed by atoms with Crippen LogP contribution < -0.4 is 5.32 Å². The minimum atomic E-state index is 0.934. The number of benzene rings is 1. The molecule has 0 radical (unpaired) electrons. The van der Waals surface area contributed by atoms with Crippen LogP contribution in [0, 0.1) is 6.92 Å². The third-order valence-corrected chi connectivity index (χ3v) is 2.65. The summed E-state index contributed by atoms with van der Waals surface area (Å²) in [6, 6.07) is 10.5. The van der Waals surface area contributed by atoms with Gasteiger partial charge in [0.1, 0.15) is 0 Å². The van der Waals surface area contributed by atoms with E-state index in [1.165, 1.54) is 16.9 Å². The van der Waals surface area contributed by atoms with E-state index in [2.05, 4.69) is 47.7 Å². The molecule has 1 aromatic carbocycles. The third-order valence-electron chi connectivity index (χ3n) is 2.65. The normalized spacial score (nSPS) is 10.4. The molecule has 0 fully saturated rings. The summed E-state index contributed by atoms with van der Waals surface area (Å²) in [4.78, 5) is 0. The van der Waals surface area contributed by atoms with Crippen LogP contribution in [0.15, 0.2) is 36.5 Å². The Balaban J connectivity index is 1.87. The zero-order valence-corrected chi connectivity index (χ0v) is 9.77. The minimum Gasteiger partial charge on any atom is -0.385 e. The zero-order chi connectivity index (χ0) is 11.4. The Labute approximate surface area is 96.1 Å². The molecule has 3 heteroatoms. The highest BCUT2D eigenvalue weighted by molar-refractivity contribution is 5.45. The van der Waals surface area contributed by atoms with Gasteiger partial charge in [-0.2, -0.15) is 5.10 Å². The molecule has 0 aliphatic heterocycles. The molecule has 0 aliphatic carbocycles. The Morgan fingerprint density at radius 2 is 2.19 bits per heavy atom. The van der Waals surface area contributed by atoms with E-state index in [9.17, 15) is 0 Å². The maximum Gasteiger partial charge on any atom is 0.0492 e. The predicted octanol–water partition coefficient (Wildman–Crippen LogP) is 2.38. The van der Waals surface area contributed by atoms with E-state index in [1.54, 1.807) is 0 Å². The molecule has 0 atom stereocenters. The monoisotopic (exact) mass is 215 g/mol. The van der Waals surface area contributed by atoms with Gasteiger partial charge >= 0.3 is 0 Å². The minimum absolute atomic E-state index is 0.934. The Hall–Kier alpha value is -1.77. The first-order valence-electron chi connectivity index (χ1n) is 5.53. The molecule has 84 valence electrons. The van der Waals surface area contributed by atoms with Crippen LogP contribution in [0.2, 0.25) is 0 Å². The van der Waals surface area contributed by atoms with Gasteiger partial charge in [-0.3, -0.25) is 4.68 Å². The molecule has 2 rings (SSSR count). The average molecular weight is 215 g/mol. The largest absolute Gasteiger partial charge is 0.385 e. The second-order valence-electron chi connectivity index (χ2n) is 3.99. The molecular formula is C13H17N3. The van der Waals surface area contributed by atoms with Gasteiger partial charge in [-0.05, 0) is 30.7 Å². The van der Waals surface area contributed by atoms with E-state index in [1.807, 2.05) is 17.9 Å². The molecule has 0 unspecified atom stereocenters. The number of aryl methyl sites for hydroxylation is 2. The van der Waals surface area contributed by atoms with Gasteiger partial charge in [0.25, 0.3) is 0 Å². The van der Waals surface area contributed by atoms with Gasteiger partial charge in [-0.1, -0.05) is 12.1 Å². The molecule has 0 aliphatic rings. The van der Waals surface area contributed by atoms with Crippen LogP contribution >= 0.6 is 0 Å². The number of rotatable bonds is 4. The van der Waals surface area contributed by atoms with E-state index in [-0.39, 0.29) is 0 Å². The van der Waals surface area contributed by atoms with Crippen molar-refractivity contribution in [2.24, 2.45) is 7.05 Å². The van der Waals surface area contributed by atoms with E-state index in [4.69, 9.17) is 0 Å². The summed E-state index contributed by atoms with van der Waals surface area (Å²) in [6.45, 7) is 3.04. The van der Waals surface area contributed by atoms with Crippen LogP contribution in [-0.2, 0) is 13.5 Å². The fraction of sp³-hybridized carbons (Fsp3) is 0.308. The number of anilines is 1. The first kappa shape index (κ1) is 10.7. The average Bonchev–Trinajstić information content (AvgIpc) is 2.65. The van der Waals surface area contributed by atoms with Crippen molar-refractivity contribution in [1.29, 1.82) is 0 Å². The van der Waals surface area contributed by atoms with Crippen LogP contribution in [0.3, 0.4) is 0 Å². The number of nitrogens with zero attached hydrogens (tertiary/aromatic N) is 2. The second-order valence-corrected chi connectivity index (χ2v) is 3.99. The van der Waals surface area contributed by atoms with Gasteiger partial charge in [0.05, 0.1) is 0 Å². The Bertz CT molecular complexity index is 460. The highest BCUT2D eigenvalue weighted by Crippen LogP contribution is 2.09. The Kier molecular flexibility index (Phi) is 3.25. The molecule has 0 amide bonds. The maximum absolute atomic E-state index is 4.15. The summed E-state index contributed by atoms with van der Waals surface area (Å²) in [7, 11) is 1.97. The van der Waals surface area contributed by atoms with Gasteiger partial charge in [0, 0.05) is 37.6 Å². The summed E-state index contributed by atoms with van der Waals surface area (Å²) >= 11 is 0. The van der Waals surface area contributed by atoms with Crippen molar-refractivity contribution in [3.05, 3.63) is 47.8 Å². The van der Waals surface area contributed by atoms with Gasteiger partial charge in [-0.15, -0.1) is 0 Å². The molecule has 3 nitrogen and oxygen atoms in total. The van der Waals surface area contributed by atoms with Gasteiger partial charge in [0.2, 0.25) is 0 Å². The fourth-order valence-electron chi connectivity index (χ4n) is 1.74. The summed E-state index contributed by atoms with van der Waals surface area (Å²) < 4.78 is 1.91. The van der Waals surface area contributed by atoms with Crippen molar-refractivity contribution >= 4 is 5.69 Å². The Morgan fingerprint density at radius 1 is 1.31 bits per heavy atom. The molecule has 16 heavy (non-hydrogen) atoms. The SMILES string of the molecule is Cc1cccc(NCCc2ccnn2C)c1. The van der Waals surface area contributed by atoms with E-state index < -0.39 is 0 Å². The van der Waals surface area contributed by atoms with Crippen molar-refractivity contribution in [1.82, 2.24) is 9.78 Å². The number of nitrogens with one attached hydrogen (secondary N) is 1. The quantitative estimate of drug-likeness (QED) is 0.848. The van der Waals surface area contributed by atoms with Crippen molar-refractivity contribution in [3.8, 4) is 0 Å². The molecule has 0 bridgehead atoms. The van der Waals surface area contributed by atoms with E-state index in [0.29, 0.717) is 0 Å². The molecular weight excluding hydrogens is 198 g/mol. The lowest BCUT2D eigenvalue weighted by atomic mass is 10.2. The van der Waals surface area contributed by atoms with Gasteiger partial charge < -0.3 is 5.32 Å². The first-order valence-corrected chi connectivity index (χ1v) is 5.53. The smallest absolute Gasteiger partial charge is 0.0492 e. The molecule has 2 aromatic rings. The maximum atomic E-state index is 4.15. The predicted molar refractivity (Wildman–Crippen MR) is 66.6 cm³/mol. The number of hydrogen-bond acceptors (Lipinski definition) is 2. The van der Waals surface area contributed by atoms with Crippen molar-refractivity contribution < 1.29 is 0 Å². The summed E-state index contributed by atoms with van der Waals surface area (Å²) in [5.41, 5.74) is 3.72. The summed E-state index contributed by atoms with van der Waals surface area (Å²) in [6.07, 6.45) is 2.83. The van der Waals surface area contributed by atoms with Gasteiger partial charge in [-0.25, -0.2) is 0 Å². The van der Waals surface area contributed by atoms with Gasteiger partial charge in [0.15, 0.2) is 0 Å². The molecule has 0 spiro atoms. The first-order chi connectivity index (χ1) is 7.75. The lowest BCUT2D eigenvalue weighted by Gasteiger charge is -2.07. The van der Waals surface area contributed by atoms with Crippen LogP contribution in [0.5, 0.6) is 0 Å².